The number of nitrogens with two attached hydrogens (primary N) is 2. The number of likely N-dealkylation sites (tertiary alicyclic amines) is 1. The van der Waals surface area contributed by atoms with Crippen LogP contribution in [0.5, 0.6) is 0 Å². The molecule has 1 aliphatic heterocycles. The summed E-state index contributed by atoms with van der Waals surface area (Å²) in [5.41, 5.74) is 10.4. The van der Waals surface area contributed by atoms with E-state index in [0.29, 0.717) is 19.4 Å². The van der Waals surface area contributed by atoms with Gasteiger partial charge in [-0.05, 0) is 19.3 Å². The molecule has 0 bridgehead atoms. The lowest BCUT2D eigenvalue weighted by Crippen LogP contribution is -2.56. The highest BCUT2D eigenvalue weighted by Crippen LogP contribution is 2.17. The predicted molar refractivity (Wildman–Crippen MR) is 97.6 cm³/mol. The van der Waals surface area contributed by atoms with Crippen LogP contribution in [-0.2, 0) is 24.0 Å². The molecule has 4 amide bonds. The zero-order valence-corrected chi connectivity index (χ0v) is 15.6. The molecule has 12 heteroatoms. The van der Waals surface area contributed by atoms with Crippen LogP contribution in [-0.4, -0.2) is 76.6 Å². The summed E-state index contributed by atoms with van der Waals surface area (Å²) in [6.45, 7) is 0.143. The molecule has 0 spiro atoms. The highest BCUT2D eigenvalue weighted by Gasteiger charge is 2.35. The zero-order chi connectivity index (χ0) is 20.6. The number of carbonyl (C=O) groups excluding carboxylic acids is 4. The molecular formula is C15H25N5O6S. The highest BCUT2D eigenvalue weighted by molar-refractivity contribution is 7.80. The number of hydrogen-bond acceptors (Lipinski definition) is 7. The van der Waals surface area contributed by atoms with Crippen LogP contribution in [0.1, 0.15) is 25.7 Å². The number of hydrogen-bond donors (Lipinski definition) is 6. The average molecular weight is 403 g/mol. The van der Waals surface area contributed by atoms with Gasteiger partial charge in [0.15, 0.2) is 0 Å². The van der Waals surface area contributed by atoms with Gasteiger partial charge in [0.25, 0.3) is 0 Å². The molecule has 0 aliphatic carbocycles. The van der Waals surface area contributed by atoms with Crippen molar-refractivity contribution in [1.29, 1.82) is 0 Å². The summed E-state index contributed by atoms with van der Waals surface area (Å²) in [6, 6.07) is -3.21. The average Bonchev–Trinajstić information content (AvgIpc) is 3.11. The van der Waals surface area contributed by atoms with Gasteiger partial charge in [-0.3, -0.25) is 19.2 Å². The minimum absolute atomic E-state index is 0.108. The molecule has 1 fully saturated rings. The largest absolute Gasteiger partial charge is 0.480 e. The van der Waals surface area contributed by atoms with Crippen molar-refractivity contribution in [3.05, 3.63) is 0 Å². The molecule has 0 radical (unpaired) electrons. The number of thiol groups is 1. The number of nitrogens with one attached hydrogen (secondary N) is 2. The first kappa shape index (κ1) is 22.7. The van der Waals surface area contributed by atoms with Gasteiger partial charge in [-0.25, -0.2) is 4.79 Å². The molecule has 27 heavy (non-hydrogen) atoms. The van der Waals surface area contributed by atoms with Crippen molar-refractivity contribution in [3.8, 4) is 0 Å². The van der Waals surface area contributed by atoms with Crippen LogP contribution in [0.25, 0.3) is 0 Å². The Hall–Kier alpha value is -2.34. The topological polar surface area (TPSA) is 185 Å². The second-order valence-corrected chi connectivity index (χ2v) is 6.46. The van der Waals surface area contributed by atoms with Crippen molar-refractivity contribution in [3.63, 3.8) is 0 Å². The van der Waals surface area contributed by atoms with Gasteiger partial charge in [-0.2, -0.15) is 12.6 Å². The SMILES string of the molecule is NCC(=O)N1CCCC1C(=O)NC(CCC(N)=O)C(=O)NC(CS)C(=O)O. The lowest BCUT2D eigenvalue weighted by atomic mass is 10.1. The number of rotatable bonds is 10. The quantitative estimate of drug-likeness (QED) is 0.212. The lowest BCUT2D eigenvalue weighted by Gasteiger charge is -2.26. The standard InChI is InChI=1S/C15H25N5O6S/c16-6-12(22)20-5-1-2-10(20)14(24)18-8(3-4-11(17)21)13(23)19-9(7-27)15(25)26/h8-10,27H,1-7,16H2,(H2,17,21)(H,18,24)(H,19,23)(H,25,26). The van der Waals surface area contributed by atoms with Crippen molar-refractivity contribution in [2.75, 3.05) is 18.8 Å². The first-order valence-corrected chi connectivity index (χ1v) is 9.06. The zero-order valence-electron chi connectivity index (χ0n) is 14.7. The van der Waals surface area contributed by atoms with E-state index in [1.165, 1.54) is 4.90 Å². The van der Waals surface area contributed by atoms with Crippen LogP contribution < -0.4 is 22.1 Å². The van der Waals surface area contributed by atoms with E-state index in [2.05, 4.69) is 23.3 Å². The van der Waals surface area contributed by atoms with Crippen molar-refractivity contribution in [2.45, 2.75) is 43.8 Å². The number of amides is 4. The third-order valence-electron chi connectivity index (χ3n) is 4.16. The predicted octanol–water partition coefficient (Wildman–Crippen LogP) is -2.81. The van der Waals surface area contributed by atoms with Gasteiger partial charge in [0, 0.05) is 18.7 Å². The summed E-state index contributed by atoms with van der Waals surface area (Å²) in [5.74, 6) is -3.84. The van der Waals surface area contributed by atoms with E-state index in [1.807, 2.05) is 0 Å². The molecule has 0 aromatic carbocycles. The molecule has 0 saturated carbocycles. The Labute approximate surface area is 161 Å². The Balaban J connectivity index is 2.85. The minimum Gasteiger partial charge on any atom is -0.480 e. The van der Waals surface area contributed by atoms with Crippen LogP contribution >= 0.6 is 12.6 Å². The fourth-order valence-electron chi connectivity index (χ4n) is 2.74. The van der Waals surface area contributed by atoms with Crippen LogP contribution in [0, 0.1) is 0 Å². The van der Waals surface area contributed by atoms with Gasteiger partial charge in [-0.1, -0.05) is 0 Å². The summed E-state index contributed by atoms with van der Waals surface area (Å²) < 4.78 is 0. The first-order chi connectivity index (χ1) is 12.7. The van der Waals surface area contributed by atoms with Crippen LogP contribution in [0.15, 0.2) is 0 Å². The van der Waals surface area contributed by atoms with E-state index in [0.717, 1.165) is 0 Å². The summed E-state index contributed by atoms with van der Waals surface area (Å²) in [7, 11) is 0. The van der Waals surface area contributed by atoms with Crippen molar-refractivity contribution >= 4 is 42.2 Å². The van der Waals surface area contributed by atoms with Gasteiger partial charge in [-0.15, -0.1) is 0 Å². The Morgan fingerprint density at radius 2 is 1.85 bits per heavy atom. The number of carboxylic acids is 1. The fraction of sp³-hybridized carbons (Fsp3) is 0.667. The second-order valence-electron chi connectivity index (χ2n) is 6.10. The number of primary amides is 1. The molecule has 1 aliphatic rings. The Bertz CT molecular complexity index is 601. The molecule has 1 saturated heterocycles. The summed E-state index contributed by atoms with van der Waals surface area (Å²) in [5, 5.41) is 13.7. The molecular weight excluding hydrogens is 378 g/mol. The molecule has 0 aromatic heterocycles. The number of carbonyl (C=O) groups is 5. The monoisotopic (exact) mass is 403 g/mol. The van der Waals surface area contributed by atoms with E-state index in [1.54, 1.807) is 0 Å². The van der Waals surface area contributed by atoms with Gasteiger partial charge >= 0.3 is 5.97 Å². The fourth-order valence-corrected chi connectivity index (χ4v) is 2.98. The molecule has 11 nitrogen and oxygen atoms in total. The van der Waals surface area contributed by atoms with E-state index in [9.17, 15) is 24.0 Å². The third kappa shape index (κ3) is 6.71. The lowest BCUT2D eigenvalue weighted by molar-refractivity contribution is -0.142. The van der Waals surface area contributed by atoms with Gasteiger partial charge in [0.1, 0.15) is 18.1 Å². The first-order valence-electron chi connectivity index (χ1n) is 8.43. The van der Waals surface area contributed by atoms with E-state index >= 15 is 0 Å². The Kier molecular flexibility index (Phi) is 9.02. The normalized spacial score (nSPS) is 18.4. The minimum atomic E-state index is -1.28. The molecule has 1 rings (SSSR count). The maximum absolute atomic E-state index is 12.6. The Morgan fingerprint density at radius 1 is 1.19 bits per heavy atom. The third-order valence-corrected chi connectivity index (χ3v) is 4.53. The smallest absolute Gasteiger partial charge is 0.327 e. The molecule has 3 unspecified atom stereocenters. The van der Waals surface area contributed by atoms with Crippen molar-refractivity contribution in [2.24, 2.45) is 11.5 Å². The van der Waals surface area contributed by atoms with Crippen LogP contribution in [0.3, 0.4) is 0 Å². The summed E-state index contributed by atoms with van der Waals surface area (Å²) in [4.78, 5) is 60.2. The van der Waals surface area contributed by atoms with E-state index in [4.69, 9.17) is 16.6 Å². The van der Waals surface area contributed by atoms with E-state index in [-0.39, 0.29) is 31.0 Å². The number of aliphatic carboxylic acids is 1. The number of carboxylic acid groups (broad SMARTS) is 1. The number of nitrogens with zero attached hydrogens (tertiary/aromatic N) is 1. The highest BCUT2D eigenvalue weighted by atomic mass is 32.1. The summed E-state index contributed by atoms with van der Waals surface area (Å²) >= 11 is 3.86. The second kappa shape index (κ2) is 10.7. The molecule has 7 N–H and O–H groups in total. The maximum atomic E-state index is 12.6. The molecule has 0 aromatic rings. The molecule has 152 valence electrons. The van der Waals surface area contributed by atoms with Gasteiger partial charge in [0.2, 0.25) is 23.6 Å². The maximum Gasteiger partial charge on any atom is 0.327 e. The summed E-state index contributed by atoms with van der Waals surface area (Å²) in [6.07, 6.45) is 0.731. The van der Waals surface area contributed by atoms with Crippen LogP contribution in [0.4, 0.5) is 0 Å². The molecule has 3 atom stereocenters. The Morgan fingerprint density at radius 3 is 2.37 bits per heavy atom. The van der Waals surface area contributed by atoms with Crippen LogP contribution in [0.2, 0.25) is 0 Å². The van der Waals surface area contributed by atoms with Crippen molar-refractivity contribution < 1.29 is 29.1 Å². The molecule has 1 heterocycles. The van der Waals surface area contributed by atoms with E-state index < -0.39 is 41.8 Å². The van der Waals surface area contributed by atoms with Gasteiger partial charge in [0.05, 0.1) is 6.54 Å². The van der Waals surface area contributed by atoms with Gasteiger partial charge < -0.3 is 32.1 Å². The van der Waals surface area contributed by atoms with Crippen molar-refractivity contribution in [1.82, 2.24) is 15.5 Å².